The molecule has 0 bridgehead atoms. The van der Waals surface area contributed by atoms with Crippen molar-refractivity contribution in [2.45, 2.75) is 45.6 Å². The molecule has 1 atom stereocenters. The fourth-order valence-electron chi connectivity index (χ4n) is 3.10. The number of rotatable bonds is 4. The number of nitrogens with two attached hydrogens (primary N) is 1. The molecule has 0 aromatic heterocycles. The Balaban J connectivity index is 1.92. The summed E-state index contributed by atoms with van der Waals surface area (Å²) in [4.78, 5) is 2.54. The van der Waals surface area contributed by atoms with Crippen molar-refractivity contribution in [2.24, 2.45) is 5.92 Å². The minimum Gasteiger partial charge on any atom is -0.399 e. The lowest BCUT2D eigenvalue weighted by Crippen LogP contribution is -2.24. The molecule has 1 aliphatic rings. The predicted molar refractivity (Wildman–Crippen MR) is 83.4 cm³/mol. The van der Waals surface area contributed by atoms with Crippen molar-refractivity contribution in [3.63, 3.8) is 0 Å². The average Bonchev–Trinajstić information content (AvgIpc) is 2.54. The van der Waals surface area contributed by atoms with Gasteiger partial charge >= 0.3 is 0 Å². The van der Waals surface area contributed by atoms with Gasteiger partial charge in [-0.05, 0) is 62.0 Å². The van der Waals surface area contributed by atoms with E-state index in [0.29, 0.717) is 0 Å². The smallest absolute Gasteiger partial charge is 0.0429 e. The number of likely N-dealkylation sites (tertiary alicyclic amines) is 1. The van der Waals surface area contributed by atoms with Gasteiger partial charge in [-0.2, -0.15) is 0 Å². The Morgan fingerprint density at radius 3 is 2.84 bits per heavy atom. The van der Waals surface area contributed by atoms with E-state index in [4.69, 9.17) is 17.3 Å². The van der Waals surface area contributed by atoms with Gasteiger partial charge in [-0.3, -0.25) is 4.90 Å². The van der Waals surface area contributed by atoms with Crippen LogP contribution in [0.3, 0.4) is 0 Å². The maximum absolute atomic E-state index is 6.07. The maximum atomic E-state index is 6.07. The molecule has 1 fully saturated rings. The van der Waals surface area contributed by atoms with Crippen LogP contribution in [0.4, 0.5) is 5.69 Å². The number of benzene rings is 1. The first-order chi connectivity index (χ1) is 9.17. The van der Waals surface area contributed by atoms with E-state index in [0.717, 1.165) is 23.2 Å². The molecule has 0 aliphatic carbocycles. The Hall–Kier alpha value is -0.730. The third-order valence-electron chi connectivity index (χ3n) is 4.02. The molecule has 1 saturated heterocycles. The molecule has 1 aliphatic heterocycles. The quantitative estimate of drug-likeness (QED) is 0.832. The van der Waals surface area contributed by atoms with Crippen molar-refractivity contribution in [1.29, 1.82) is 0 Å². The summed E-state index contributed by atoms with van der Waals surface area (Å²) in [7, 11) is 0. The van der Waals surface area contributed by atoms with Crippen molar-refractivity contribution in [2.75, 3.05) is 18.8 Å². The van der Waals surface area contributed by atoms with E-state index in [1.54, 1.807) is 0 Å². The lowest BCUT2D eigenvalue weighted by Gasteiger charge is -2.20. The molecule has 2 N–H and O–H groups in total. The predicted octanol–water partition coefficient (Wildman–Crippen LogP) is 4.32. The van der Waals surface area contributed by atoms with E-state index in [1.165, 1.54) is 50.8 Å². The van der Waals surface area contributed by atoms with Crippen LogP contribution in [0.2, 0.25) is 5.02 Å². The summed E-state index contributed by atoms with van der Waals surface area (Å²) in [5, 5.41) is 0.744. The van der Waals surface area contributed by atoms with E-state index >= 15 is 0 Å². The number of anilines is 1. The van der Waals surface area contributed by atoms with Gasteiger partial charge in [0.15, 0.2) is 0 Å². The molecule has 1 aromatic rings. The normalized spacial score (nSPS) is 21.3. The van der Waals surface area contributed by atoms with Gasteiger partial charge < -0.3 is 5.73 Å². The summed E-state index contributed by atoms with van der Waals surface area (Å²) in [6, 6.07) is 5.89. The number of hydrogen-bond acceptors (Lipinski definition) is 2. The summed E-state index contributed by atoms with van der Waals surface area (Å²) < 4.78 is 0. The minimum absolute atomic E-state index is 0.744. The van der Waals surface area contributed by atoms with Crippen molar-refractivity contribution in [3.05, 3.63) is 28.8 Å². The monoisotopic (exact) mass is 280 g/mol. The topological polar surface area (TPSA) is 29.3 Å². The zero-order valence-corrected chi connectivity index (χ0v) is 12.6. The summed E-state index contributed by atoms with van der Waals surface area (Å²) in [5.41, 5.74) is 7.85. The van der Waals surface area contributed by atoms with E-state index < -0.39 is 0 Å². The molecule has 2 nitrogen and oxygen atoms in total. The summed E-state index contributed by atoms with van der Waals surface area (Å²) in [5.74, 6) is 0.930. The molecule has 1 aromatic carbocycles. The first-order valence-electron chi connectivity index (χ1n) is 7.44. The highest BCUT2D eigenvalue weighted by Gasteiger charge is 2.16. The van der Waals surface area contributed by atoms with Crippen LogP contribution >= 0.6 is 11.6 Å². The van der Waals surface area contributed by atoms with Crippen LogP contribution in [0, 0.1) is 5.92 Å². The standard InChI is InChI=1S/C16H25ClN2/c1-2-4-13-5-3-7-19(8-6-13)12-14-9-15(17)11-16(18)10-14/h9-11,13H,2-8,12,18H2,1H3. The van der Waals surface area contributed by atoms with Crippen LogP contribution in [0.1, 0.15) is 44.6 Å². The second kappa shape index (κ2) is 7.16. The van der Waals surface area contributed by atoms with E-state index in [2.05, 4.69) is 11.8 Å². The van der Waals surface area contributed by atoms with Crippen LogP contribution in [-0.2, 0) is 6.54 Å². The van der Waals surface area contributed by atoms with Crippen LogP contribution in [0.25, 0.3) is 0 Å². The zero-order chi connectivity index (χ0) is 13.7. The lowest BCUT2D eigenvalue weighted by atomic mass is 9.96. The fourth-order valence-corrected chi connectivity index (χ4v) is 3.37. The van der Waals surface area contributed by atoms with Gasteiger partial charge in [0.25, 0.3) is 0 Å². The van der Waals surface area contributed by atoms with Crippen molar-refractivity contribution in [3.8, 4) is 0 Å². The summed E-state index contributed by atoms with van der Waals surface area (Å²) in [6.07, 6.45) is 6.75. The number of nitrogens with zero attached hydrogens (tertiary/aromatic N) is 1. The first kappa shape index (κ1) is 14.7. The van der Waals surface area contributed by atoms with Crippen molar-refractivity contribution in [1.82, 2.24) is 4.90 Å². The molecule has 2 rings (SSSR count). The van der Waals surface area contributed by atoms with Crippen LogP contribution in [0.5, 0.6) is 0 Å². The highest BCUT2D eigenvalue weighted by molar-refractivity contribution is 6.30. The number of halogens is 1. The van der Waals surface area contributed by atoms with Crippen LogP contribution in [0.15, 0.2) is 18.2 Å². The van der Waals surface area contributed by atoms with Crippen LogP contribution in [-0.4, -0.2) is 18.0 Å². The minimum atomic E-state index is 0.744. The van der Waals surface area contributed by atoms with E-state index in [-0.39, 0.29) is 0 Å². The van der Waals surface area contributed by atoms with Gasteiger partial charge in [-0.15, -0.1) is 0 Å². The molecule has 106 valence electrons. The third-order valence-corrected chi connectivity index (χ3v) is 4.24. The molecule has 0 spiro atoms. The molecule has 3 heteroatoms. The van der Waals surface area contributed by atoms with E-state index in [1.807, 2.05) is 18.2 Å². The van der Waals surface area contributed by atoms with Crippen LogP contribution < -0.4 is 5.73 Å². The maximum Gasteiger partial charge on any atom is 0.0429 e. The third kappa shape index (κ3) is 4.70. The largest absolute Gasteiger partial charge is 0.399 e. The van der Waals surface area contributed by atoms with Gasteiger partial charge in [-0.25, -0.2) is 0 Å². The van der Waals surface area contributed by atoms with Crippen molar-refractivity contribution >= 4 is 17.3 Å². The highest BCUT2D eigenvalue weighted by Crippen LogP contribution is 2.24. The number of hydrogen-bond donors (Lipinski definition) is 1. The first-order valence-corrected chi connectivity index (χ1v) is 7.82. The Labute approximate surface area is 121 Å². The lowest BCUT2D eigenvalue weighted by molar-refractivity contribution is 0.271. The Bertz CT molecular complexity index is 385. The molecular formula is C16H25ClN2. The molecule has 0 saturated carbocycles. The van der Waals surface area contributed by atoms with Gasteiger partial charge in [-0.1, -0.05) is 31.4 Å². The highest BCUT2D eigenvalue weighted by atomic mass is 35.5. The molecule has 1 heterocycles. The van der Waals surface area contributed by atoms with Gasteiger partial charge in [0.2, 0.25) is 0 Å². The molecule has 0 radical (unpaired) electrons. The molecule has 19 heavy (non-hydrogen) atoms. The van der Waals surface area contributed by atoms with Gasteiger partial charge in [0.1, 0.15) is 0 Å². The Morgan fingerprint density at radius 2 is 2.11 bits per heavy atom. The molecule has 1 unspecified atom stereocenters. The summed E-state index contributed by atoms with van der Waals surface area (Å²) >= 11 is 6.07. The second-order valence-corrected chi connectivity index (χ2v) is 6.19. The average molecular weight is 281 g/mol. The van der Waals surface area contributed by atoms with Gasteiger partial charge in [0.05, 0.1) is 0 Å². The van der Waals surface area contributed by atoms with Crippen molar-refractivity contribution < 1.29 is 0 Å². The second-order valence-electron chi connectivity index (χ2n) is 5.75. The zero-order valence-electron chi connectivity index (χ0n) is 11.9. The van der Waals surface area contributed by atoms with E-state index in [9.17, 15) is 0 Å². The molecular weight excluding hydrogens is 256 g/mol. The Morgan fingerprint density at radius 1 is 1.26 bits per heavy atom. The fraction of sp³-hybridized carbons (Fsp3) is 0.625. The number of nitrogen functional groups attached to an aromatic ring is 1. The Kier molecular flexibility index (Phi) is 5.53. The molecule has 0 amide bonds. The van der Waals surface area contributed by atoms with Gasteiger partial charge in [0, 0.05) is 17.3 Å². The SMILES string of the molecule is CCCC1CCCN(Cc2cc(N)cc(Cl)c2)CC1. The summed E-state index contributed by atoms with van der Waals surface area (Å²) in [6.45, 7) is 5.67.